The van der Waals surface area contributed by atoms with Crippen LogP contribution in [0.4, 0.5) is 0 Å². The van der Waals surface area contributed by atoms with Gasteiger partial charge in [0.25, 0.3) is 5.56 Å². The molecule has 0 aliphatic rings. The summed E-state index contributed by atoms with van der Waals surface area (Å²) in [5.74, 6) is -0.0430. The Morgan fingerprint density at radius 2 is 1.95 bits per heavy atom. The van der Waals surface area contributed by atoms with Crippen molar-refractivity contribution in [3.05, 3.63) is 62.3 Å². The number of aromatic hydroxyl groups is 1. The van der Waals surface area contributed by atoms with Gasteiger partial charge in [0, 0.05) is 14.9 Å². The molecule has 0 radical (unpaired) electrons. The van der Waals surface area contributed by atoms with E-state index in [2.05, 4.69) is 20.9 Å². The Labute approximate surface area is 128 Å². The largest absolute Gasteiger partial charge is 0.506 e. The van der Waals surface area contributed by atoms with Crippen LogP contribution in [0.15, 0.2) is 51.7 Å². The second-order valence-electron chi connectivity index (χ2n) is 4.38. The van der Waals surface area contributed by atoms with E-state index in [0.717, 1.165) is 4.47 Å². The Morgan fingerprint density at radius 3 is 2.70 bits per heavy atom. The fraction of sp³-hybridized carbons (Fsp3) is 0. The van der Waals surface area contributed by atoms with Crippen LogP contribution in [0.3, 0.4) is 0 Å². The van der Waals surface area contributed by atoms with Crippen molar-refractivity contribution in [2.45, 2.75) is 0 Å². The van der Waals surface area contributed by atoms with Gasteiger partial charge in [-0.1, -0.05) is 39.7 Å². The van der Waals surface area contributed by atoms with Crippen molar-refractivity contribution in [1.29, 1.82) is 0 Å². The predicted molar refractivity (Wildman–Crippen MR) is 84.4 cm³/mol. The Kier molecular flexibility index (Phi) is 3.28. The maximum atomic E-state index is 12.2. The smallest absolute Gasteiger partial charge is 0.260 e. The Balaban J connectivity index is 2.37. The van der Waals surface area contributed by atoms with Crippen LogP contribution in [0.1, 0.15) is 0 Å². The first-order chi connectivity index (χ1) is 9.56. The monoisotopic (exact) mass is 349 g/mol. The lowest BCUT2D eigenvalue weighted by atomic mass is 10.0. The number of aromatic nitrogens is 1. The van der Waals surface area contributed by atoms with E-state index in [4.69, 9.17) is 11.6 Å². The maximum Gasteiger partial charge on any atom is 0.260 e. The molecule has 2 N–H and O–H groups in total. The zero-order chi connectivity index (χ0) is 14.3. The lowest BCUT2D eigenvalue weighted by molar-refractivity contribution is 0.482. The first kappa shape index (κ1) is 13.2. The summed E-state index contributed by atoms with van der Waals surface area (Å²) in [4.78, 5) is 14.9. The van der Waals surface area contributed by atoms with E-state index < -0.39 is 0 Å². The Bertz CT molecular complexity index is 873. The molecule has 1 heterocycles. The second kappa shape index (κ2) is 4.96. The van der Waals surface area contributed by atoms with Gasteiger partial charge in [-0.3, -0.25) is 4.79 Å². The molecule has 100 valence electrons. The summed E-state index contributed by atoms with van der Waals surface area (Å²) in [7, 11) is 0. The molecule has 3 rings (SSSR count). The van der Waals surface area contributed by atoms with Gasteiger partial charge in [-0.05, 0) is 35.9 Å². The molecule has 20 heavy (non-hydrogen) atoms. The van der Waals surface area contributed by atoms with E-state index in [9.17, 15) is 9.90 Å². The van der Waals surface area contributed by atoms with Crippen molar-refractivity contribution in [3.63, 3.8) is 0 Å². The van der Waals surface area contributed by atoms with E-state index in [1.54, 1.807) is 30.3 Å². The van der Waals surface area contributed by atoms with E-state index >= 15 is 0 Å². The highest BCUT2D eigenvalue weighted by Gasteiger charge is 2.14. The van der Waals surface area contributed by atoms with Crippen molar-refractivity contribution in [1.82, 2.24) is 4.98 Å². The zero-order valence-electron chi connectivity index (χ0n) is 10.2. The van der Waals surface area contributed by atoms with Crippen molar-refractivity contribution >= 4 is 38.4 Å². The number of hydrogen-bond donors (Lipinski definition) is 2. The lowest BCUT2D eigenvalue weighted by Crippen LogP contribution is -2.09. The lowest BCUT2D eigenvalue weighted by Gasteiger charge is -2.08. The highest BCUT2D eigenvalue weighted by Crippen LogP contribution is 2.33. The number of benzene rings is 2. The average Bonchev–Trinajstić information content (AvgIpc) is 2.38. The number of rotatable bonds is 1. The average molecular weight is 351 g/mol. The van der Waals surface area contributed by atoms with Gasteiger partial charge in [0.1, 0.15) is 5.75 Å². The van der Waals surface area contributed by atoms with Gasteiger partial charge in [0.15, 0.2) is 0 Å². The molecule has 3 aromatic rings. The van der Waals surface area contributed by atoms with Gasteiger partial charge >= 0.3 is 0 Å². The molecule has 0 spiro atoms. The summed E-state index contributed by atoms with van der Waals surface area (Å²) in [5.41, 5.74) is 1.06. The minimum Gasteiger partial charge on any atom is -0.506 e. The highest BCUT2D eigenvalue weighted by atomic mass is 79.9. The van der Waals surface area contributed by atoms with Gasteiger partial charge in [-0.2, -0.15) is 0 Å². The summed E-state index contributed by atoms with van der Waals surface area (Å²) < 4.78 is 0.838. The first-order valence-corrected chi connectivity index (χ1v) is 7.04. The Hall–Kier alpha value is -1.78. The van der Waals surface area contributed by atoms with Crippen LogP contribution in [-0.4, -0.2) is 10.1 Å². The summed E-state index contributed by atoms with van der Waals surface area (Å²) in [6, 6.07) is 12.2. The van der Waals surface area contributed by atoms with E-state index in [0.29, 0.717) is 21.5 Å². The zero-order valence-corrected chi connectivity index (χ0v) is 12.5. The molecule has 0 bridgehead atoms. The molecule has 0 saturated carbocycles. The van der Waals surface area contributed by atoms with Crippen molar-refractivity contribution in [2.75, 3.05) is 0 Å². The summed E-state index contributed by atoms with van der Waals surface area (Å²) >= 11 is 9.25. The van der Waals surface area contributed by atoms with E-state index in [1.165, 1.54) is 0 Å². The number of pyridine rings is 1. The van der Waals surface area contributed by atoms with Gasteiger partial charge < -0.3 is 10.1 Å². The third-order valence-electron chi connectivity index (χ3n) is 3.06. The van der Waals surface area contributed by atoms with Gasteiger partial charge in [0.2, 0.25) is 0 Å². The molecule has 5 heteroatoms. The third kappa shape index (κ3) is 2.21. The minimum atomic E-state index is -0.352. The van der Waals surface area contributed by atoms with Gasteiger partial charge in [0.05, 0.1) is 11.1 Å². The molecule has 0 amide bonds. The fourth-order valence-corrected chi connectivity index (χ4v) is 2.74. The molecule has 3 nitrogen and oxygen atoms in total. The first-order valence-electron chi connectivity index (χ1n) is 5.87. The molecule has 0 fully saturated rings. The molecule has 0 aliphatic carbocycles. The third-order valence-corrected chi connectivity index (χ3v) is 3.79. The number of H-pyrrole nitrogens is 1. The standard InChI is InChI=1S/C15H9BrClNO2/c16-9-3-1-2-8(6-9)13-14(19)11-5-4-10(17)7-12(11)18-15(13)20/h1-7H,(H2,18,19,20). The summed E-state index contributed by atoms with van der Waals surface area (Å²) in [5, 5.41) is 11.4. The molecular formula is C15H9BrClNO2. The predicted octanol–water partition coefficient (Wildman–Crippen LogP) is 4.32. The number of fused-ring (bicyclic) bond motifs is 1. The maximum absolute atomic E-state index is 12.2. The quantitative estimate of drug-likeness (QED) is 0.687. The topological polar surface area (TPSA) is 53.1 Å². The molecule has 0 unspecified atom stereocenters. The fourth-order valence-electron chi connectivity index (χ4n) is 2.17. The second-order valence-corrected chi connectivity index (χ2v) is 5.73. The molecule has 0 saturated heterocycles. The van der Waals surface area contributed by atoms with Crippen molar-refractivity contribution in [3.8, 4) is 16.9 Å². The van der Waals surface area contributed by atoms with Crippen LogP contribution in [0.2, 0.25) is 5.02 Å². The molecule has 1 aromatic heterocycles. The van der Waals surface area contributed by atoms with Gasteiger partial charge in [-0.25, -0.2) is 0 Å². The normalized spacial score (nSPS) is 10.9. The van der Waals surface area contributed by atoms with Crippen LogP contribution < -0.4 is 5.56 Å². The molecular weight excluding hydrogens is 342 g/mol. The van der Waals surface area contributed by atoms with Crippen molar-refractivity contribution < 1.29 is 5.11 Å². The van der Waals surface area contributed by atoms with Crippen molar-refractivity contribution in [2.24, 2.45) is 0 Å². The van der Waals surface area contributed by atoms with Gasteiger partial charge in [-0.15, -0.1) is 0 Å². The number of halogens is 2. The number of hydrogen-bond acceptors (Lipinski definition) is 2. The van der Waals surface area contributed by atoms with Crippen LogP contribution >= 0.6 is 27.5 Å². The van der Waals surface area contributed by atoms with Crippen LogP contribution in [0.5, 0.6) is 5.75 Å². The SMILES string of the molecule is O=c1[nH]c2cc(Cl)ccc2c(O)c1-c1cccc(Br)c1. The minimum absolute atomic E-state index is 0.0430. The van der Waals surface area contributed by atoms with Crippen LogP contribution in [-0.2, 0) is 0 Å². The molecule has 0 aliphatic heterocycles. The highest BCUT2D eigenvalue weighted by molar-refractivity contribution is 9.10. The number of aromatic amines is 1. The van der Waals surface area contributed by atoms with Crippen LogP contribution in [0.25, 0.3) is 22.0 Å². The van der Waals surface area contributed by atoms with Crippen LogP contribution in [0, 0.1) is 0 Å². The summed E-state index contributed by atoms with van der Waals surface area (Å²) in [6.45, 7) is 0. The molecule has 0 atom stereocenters. The summed E-state index contributed by atoms with van der Waals surface area (Å²) in [6.07, 6.45) is 0. The Morgan fingerprint density at radius 1 is 1.15 bits per heavy atom. The molecule has 2 aromatic carbocycles. The van der Waals surface area contributed by atoms with E-state index in [-0.39, 0.29) is 16.9 Å². The number of nitrogens with one attached hydrogen (secondary N) is 1. The van der Waals surface area contributed by atoms with E-state index in [1.807, 2.05) is 12.1 Å².